The van der Waals surface area contributed by atoms with Gasteiger partial charge in [-0.05, 0) is 49.7 Å². The molecule has 0 bridgehead atoms. The van der Waals surface area contributed by atoms with Crippen LogP contribution in [0.15, 0.2) is 42.5 Å². The average Bonchev–Trinajstić information content (AvgIpc) is 2.56. The van der Waals surface area contributed by atoms with Crippen LogP contribution < -0.4 is 10.1 Å². The molecule has 5 nitrogen and oxygen atoms in total. The Morgan fingerprint density at radius 2 is 1.92 bits per heavy atom. The van der Waals surface area contributed by atoms with Crippen LogP contribution in [0.1, 0.15) is 22.8 Å². The van der Waals surface area contributed by atoms with Gasteiger partial charge in [-0.3, -0.25) is 4.79 Å². The van der Waals surface area contributed by atoms with Crippen molar-refractivity contribution in [2.75, 3.05) is 18.5 Å². The van der Waals surface area contributed by atoms with Gasteiger partial charge in [0.05, 0.1) is 12.2 Å². The number of hydrogen-bond donors (Lipinski definition) is 1. The smallest absolute Gasteiger partial charge is 0.338 e. The molecule has 0 spiro atoms. The maximum Gasteiger partial charge on any atom is 0.338 e. The molecule has 0 fully saturated rings. The maximum atomic E-state index is 13.4. The van der Waals surface area contributed by atoms with Crippen molar-refractivity contribution in [3.8, 4) is 5.75 Å². The van der Waals surface area contributed by atoms with E-state index in [4.69, 9.17) is 9.47 Å². The fourth-order valence-electron chi connectivity index (χ4n) is 2.04. The molecule has 1 amide bonds. The van der Waals surface area contributed by atoms with Crippen molar-refractivity contribution < 1.29 is 23.5 Å². The number of para-hydroxylation sites is 1. The third kappa shape index (κ3) is 4.55. The van der Waals surface area contributed by atoms with Crippen molar-refractivity contribution in [1.29, 1.82) is 0 Å². The Labute approximate surface area is 139 Å². The summed E-state index contributed by atoms with van der Waals surface area (Å²) in [4.78, 5) is 23.6. The van der Waals surface area contributed by atoms with Crippen molar-refractivity contribution in [1.82, 2.24) is 0 Å². The average molecular weight is 331 g/mol. The van der Waals surface area contributed by atoms with Crippen LogP contribution in [0.25, 0.3) is 0 Å². The molecule has 0 saturated carbocycles. The molecule has 0 radical (unpaired) electrons. The van der Waals surface area contributed by atoms with E-state index < -0.39 is 17.7 Å². The number of halogens is 1. The first-order chi connectivity index (χ1) is 11.5. The number of amides is 1. The third-order valence-corrected chi connectivity index (χ3v) is 3.21. The molecular weight excluding hydrogens is 313 g/mol. The minimum atomic E-state index is -0.528. The van der Waals surface area contributed by atoms with E-state index in [1.165, 1.54) is 18.2 Å². The van der Waals surface area contributed by atoms with Gasteiger partial charge in [-0.1, -0.05) is 12.1 Å². The van der Waals surface area contributed by atoms with Crippen molar-refractivity contribution in [3.63, 3.8) is 0 Å². The molecule has 24 heavy (non-hydrogen) atoms. The molecule has 0 aliphatic carbocycles. The Hall–Kier alpha value is -2.89. The normalized spacial score (nSPS) is 10.1. The van der Waals surface area contributed by atoms with E-state index in [2.05, 4.69) is 5.32 Å². The summed E-state index contributed by atoms with van der Waals surface area (Å²) in [7, 11) is 0. The number of aryl methyl sites for hydroxylation is 1. The van der Waals surface area contributed by atoms with E-state index in [-0.39, 0.29) is 12.4 Å². The minimum Gasteiger partial charge on any atom is -0.481 e. The molecule has 2 aromatic rings. The van der Waals surface area contributed by atoms with Gasteiger partial charge in [0, 0.05) is 5.69 Å². The number of carbonyl (C=O) groups is 2. The predicted octanol–water partition coefficient (Wildman–Crippen LogP) is 3.33. The monoisotopic (exact) mass is 331 g/mol. The molecule has 0 atom stereocenters. The van der Waals surface area contributed by atoms with Crippen LogP contribution in [-0.4, -0.2) is 25.1 Å². The van der Waals surface area contributed by atoms with Crippen molar-refractivity contribution in [3.05, 3.63) is 59.4 Å². The molecular formula is C18H18FNO4. The number of ether oxygens (including phenoxy) is 2. The van der Waals surface area contributed by atoms with Gasteiger partial charge in [0.25, 0.3) is 5.91 Å². The lowest BCUT2D eigenvalue weighted by atomic mass is 10.1. The summed E-state index contributed by atoms with van der Waals surface area (Å²) in [5.74, 6) is -1.35. The zero-order valence-corrected chi connectivity index (χ0v) is 13.5. The molecule has 0 heterocycles. The van der Waals surface area contributed by atoms with Crippen LogP contribution in [0.3, 0.4) is 0 Å². The Kier molecular flexibility index (Phi) is 5.89. The molecule has 2 rings (SSSR count). The van der Waals surface area contributed by atoms with Crippen LogP contribution in [0.5, 0.6) is 5.75 Å². The van der Waals surface area contributed by atoms with Gasteiger partial charge in [-0.2, -0.15) is 0 Å². The third-order valence-electron chi connectivity index (χ3n) is 3.21. The predicted molar refractivity (Wildman–Crippen MR) is 87.7 cm³/mol. The lowest BCUT2D eigenvalue weighted by Gasteiger charge is -2.11. The standard InChI is InChI=1S/C18H18FNO4/c1-3-23-18(22)13-8-9-15(12(2)10-13)20-17(21)11-24-16-7-5-4-6-14(16)19/h4-10H,3,11H2,1-2H3,(H,20,21). The van der Waals surface area contributed by atoms with E-state index in [1.54, 1.807) is 38.1 Å². The van der Waals surface area contributed by atoms with E-state index in [0.717, 1.165) is 0 Å². The molecule has 0 aliphatic rings. The lowest BCUT2D eigenvalue weighted by molar-refractivity contribution is -0.118. The van der Waals surface area contributed by atoms with E-state index in [0.29, 0.717) is 23.4 Å². The second-order valence-corrected chi connectivity index (χ2v) is 5.02. The largest absolute Gasteiger partial charge is 0.481 e. The van der Waals surface area contributed by atoms with Gasteiger partial charge in [-0.25, -0.2) is 9.18 Å². The highest BCUT2D eigenvalue weighted by Crippen LogP contribution is 2.18. The summed E-state index contributed by atoms with van der Waals surface area (Å²) in [6.07, 6.45) is 0. The number of hydrogen-bond acceptors (Lipinski definition) is 4. The highest BCUT2D eigenvalue weighted by atomic mass is 19.1. The Bertz CT molecular complexity index is 746. The maximum absolute atomic E-state index is 13.4. The van der Waals surface area contributed by atoms with Crippen molar-refractivity contribution in [2.24, 2.45) is 0 Å². The Morgan fingerprint density at radius 3 is 2.58 bits per heavy atom. The number of rotatable bonds is 6. The van der Waals surface area contributed by atoms with Gasteiger partial charge in [-0.15, -0.1) is 0 Å². The van der Waals surface area contributed by atoms with Crippen LogP contribution in [-0.2, 0) is 9.53 Å². The molecule has 0 unspecified atom stereocenters. The molecule has 1 N–H and O–H groups in total. The number of benzene rings is 2. The molecule has 0 aromatic heterocycles. The van der Waals surface area contributed by atoms with E-state index >= 15 is 0 Å². The van der Waals surface area contributed by atoms with Crippen LogP contribution >= 0.6 is 0 Å². The summed E-state index contributed by atoms with van der Waals surface area (Å²) in [5, 5.41) is 2.66. The lowest BCUT2D eigenvalue weighted by Crippen LogP contribution is -2.21. The molecule has 0 saturated heterocycles. The van der Waals surface area contributed by atoms with Crippen LogP contribution in [0, 0.1) is 12.7 Å². The number of esters is 1. The van der Waals surface area contributed by atoms with E-state index in [9.17, 15) is 14.0 Å². The first kappa shape index (κ1) is 17.5. The fraction of sp³-hybridized carbons (Fsp3) is 0.222. The van der Waals surface area contributed by atoms with Crippen molar-refractivity contribution >= 4 is 17.6 Å². The van der Waals surface area contributed by atoms with Gasteiger partial charge < -0.3 is 14.8 Å². The Balaban J connectivity index is 1.96. The first-order valence-electron chi connectivity index (χ1n) is 7.46. The topological polar surface area (TPSA) is 64.6 Å². The molecule has 126 valence electrons. The zero-order chi connectivity index (χ0) is 17.5. The number of carbonyl (C=O) groups excluding carboxylic acids is 2. The fourth-order valence-corrected chi connectivity index (χ4v) is 2.04. The van der Waals surface area contributed by atoms with Gasteiger partial charge >= 0.3 is 5.97 Å². The molecule has 6 heteroatoms. The zero-order valence-electron chi connectivity index (χ0n) is 13.5. The first-order valence-corrected chi connectivity index (χ1v) is 7.46. The summed E-state index contributed by atoms with van der Waals surface area (Å²) in [6, 6.07) is 10.7. The highest BCUT2D eigenvalue weighted by Gasteiger charge is 2.11. The second kappa shape index (κ2) is 8.10. The molecule has 0 aliphatic heterocycles. The summed E-state index contributed by atoms with van der Waals surface area (Å²) >= 11 is 0. The Morgan fingerprint density at radius 1 is 1.17 bits per heavy atom. The van der Waals surface area contributed by atoms with Gasteiger partial charge in [0.15, 0.2) is 18.2 Å². The van der Waals surface area contributed by atoms with Crippen LogP contribution in [0.2, 0.25) is 0 Å². The SMILES string of the molecule is CCOC(=O)c1ccc(NC(=O)COc2ccccc2F)c(C)c1. The quantitative estimate of drug-likeness (QED) is 0.825. The highest BCUT2D eigenvalue weighted by molar-refractivity contribution is 5.94. The van der Waals surface area contributed by atoms with Gasteiger partial charge in [0.1, 0.15) is 0 Å². The summed E-state index contributed by atoms with van der Waals surface area (Å²) in [6.45, 7) is 3.47. The van der Waals surface area contributed by atoms with Gasteiger partial charge in [0.2, 0.25) is 0 Å². The van der Waals surface area contributed by atoms with E-state index in [1.807, 2.05) is 0 Å². The van der Waals surface area contributed by atoms with Crippen LogP contribution in [0.4, 0.5) is 10.1 Å². The number of anilines is 1. The summed E-state index contributed by atoms with van der Waals surface area (Å²) < 4.78 is 23.5. The minimum absolute atomic E-state index is 0.0158. The van der Waals surface area contributed by atoms with Crippen molar-refractivity contribution in [2.45, 2.75) is 13.8 Å². The summed E-state index contributed by atoms with van der Waals surface area (Å²) in [5.41, 5.74) is 1.67. The molecule has 2 aromatic carbocycles. The second-order valence-electron chi connectivity index (χ2n) is 5.02. The number of nitrogens with one attached hydrogen (secondary N) is 1.